The Hall–Kier alpha value is -1.49. The van der Waals surface area contributed by atoms with Gasteiger partial charge >= 0.3 is 0 Å². The molecule has 1 aliphatic carbocycles. The van der Waals surface area contributed by atoms with E-state index in [2.05, 4.69) is 5.32 Å². The number of amides is 2. The summed E-state index contributed by atoms with van der Waals surface area (Å²) < 4.78 is 29.0. The fourth-order valence-electron chi connectivity index (χ4n) is 3.89. The van der Waals surface area contributed by atoms with Crippen LogP contribution in [0.1, 0.15) is 53.6 Å². The van der Waals surface area contributed by atoms with Crippen LogP contribution in [0, 0.1) is 0 Å². The molecule has 1 aromatic rings. The van der Waals surface area contributed by atoms with Crippen molar-refractivity contribution in [1.29, 1.82) is 0 Å². The summed E-state index contributed by atoms with van der Waals surface area (Å²) in [6.45, 7) is 3.27. The summed E-state index contributed by atoms with van der Waals surface area (Å²) in [5, 5.41) is 2.72. The van der Waals surface area contributed by atoms with Gasteiger partial charge in [0.1, 0.15) is 0 Å². The van der Waals surface area contributed by atoms with E-state index in [0.29, 0.717) is 37.6 Å². The zero-order valence-electron chi connectivity index (χ0n) is 17.1. The lowest BCUT2D eigenvalue weighted by atomic mass is 9.96. The second-order valence-electron chi connectivity index (χ2n) is 7.68. The largest absolute Gasteiger partial charge is 0.351 e. The van der Waals surface area contributed by atoms with Gasteiger partial charge in [0.05, 0.1) is 11.4 Å². The highest BCUT2D eigenvalue weighted by atomic mass is 32.2. The molecule has 1 aromatic heterocycles. The van der Waals surface area contributed by atoms with E-state index in [1.165, 1.54) is 33.3 Å². The van der Waals surface area contributed by atoms with E-state index in [4.69, 9.17) is 0 Å². The van der Waals surface area contributed by atoms with Crippen molar-refractivity contribution < 1.29 is 18.0 Å². The number of hydrogen-bond donors (Lipinski definition) is 1. The Kier molecular flexibility index (Phi) is 7.31. The molecule has 0 radical (unpaired) electrons. The van der Waals surface area contributed by atoms with Gasteiger partial charge in [0.15, 0.2) is 0 Å². The van der Waals surface area contributed by atoms with Crippen molar-refractivity contribution in [3.63, 3.8) is 0 Å². The Morgan fingerprint density at radius 3 is 2.41 bits per heavy atom. The lowest BCUT2D eigenvalue weighted by Gasteiger charge is -2.38. The first-order chi connectivity index (χ1) is 13.8. The second kappa shape index (κ2) is 9.55. The molecule has 2 amide bonds. The highest BCUT2D eigenvalue weighted by molar-refractivity contribution is 7.86. The Morgan fingerprint density at radius 1 is 1.14 bits per heavy atom. The Bertz CT molecular complexity index is 825. The summed E-state index contributed by atoms with van der Waals surface area (Å²) in [7, 11) is -1.81. The van der Waals surface area contributed by atoms with Crippen molar-refractivity contribution in [1.82, 2.24) is 18.8 Å². The summed E-state index contributed by atoms with van der Waals surface area (Å²) in [5.74, 6) is -0.191. The normalized spacial score (nSPS) is 19.5. The van der Waals surface area contributed by atoms with E-state index in [0.717, 1.165) is 30.6 Å². The molecule has 0 bridgehead atoms. The quantitative estimate of drug-likeness (QED) is 0.725. The molecule has 1 saturated carbocycles. The third-order valence-corrected chi connectivity index (χ3v) is 8.81. The van der Waals surface area contributed by atoms with Crippen molar-refractivity contribution in [2.75, 3.05) is 33.2 Å². The Balaban J connectivity index is 1.55. The van der Waals surface area contributed by atoms with Gasteiger partial charge in [0.25, 0.3) is 16.1 Å². The average molecular weight is 443 g/mol. The molecule has 1 N–H and O–H groups in total. The molecule has 2 aliphatic rings. The van der Waals surface area contributed by atoms with Crippen LogP contribution in [0.2, 0.25) is 0 Å². The van der Waals surface area contributed by atoms with Gasteiger partial charge in [-0.1, -0.05) is 19.3 Å². The third kappa shape index (κ3) is 5.36. The number of nitrogens with one attached hydrogen (secondary N) is 1. The zero-order chi connectivity index (χ0) is 21.0. The molecule has 0 unspecified atom stereocenters. The average Bonchev–Trinajstić information content (AvgIpc) is 3.21. The SMILES string of the molecule is CC(=O)NCc1ccc(C(=O)N2CCN(S(=O)(=O)N(C)C3CCCCC3)CC2)s1. The van der Waals surface area contributed by atoms with Crippen LogP contribution in [0.4, 0.5) is 0 Å². The van der Waals surface area contributed by atoms with E-state index in [-0.39, 0.29) is 17.9 Å². The van der Waals surface area contributed by atoms with Gasteiger partial charge in [-0.25, -0.2) is 0 Å². The summed E-state index contributed by atoms with van der Waals surface area (Å²) in [5.41, 5.74) is 0. The first kappa shape index (κ1) is 22.2. The molecular formula is C19H30N4O4S2. The summed E-state index contributed by atoms with van der Waals surface area (Å²) in [4.78, 5) is 27.0. The smallest absolute Gasteiger partial charge is 0.282 e. The number of thiophene rings is 1. The van der Waals surface area contributed by atoms with Crippen LogP contribution in [0.5, 0.6) is 0 Å². The topological polar surface area (TPSA) is 90.0 Å². The van der Waals surface area contributed by atoms with Crippen molar-refractivity contribution in [2.45, 2.75) is 51.6 Å². The predicted octanol–water partition coefficient (Wildman–Crippen LogP) is 1.65. The number of carbonyl (C=O) groups is 2. The molecule has 0 spiro atoms. The molecule has 0 atom stereocenters. The molecular weight excluding hydrogens is 412 g/mol. The maximum absolute atomic E-state index is 13.0. The highest BCUT2D eigenvalue weighted by Crippen LogP contribution is 2.25. The standard InChI is InChI=1S/C19H30N4O4S2/c1-15(24)20-14-17-8-9-18(28-17)19(25)22-10-12-23(13-11-22)29(26,27)21(2)16-6-4-3-5-7-16/h8-9,16H,3-7,10-14H2,1-2H3,(H,20,24). The number of hydrogen-bond acceptors (Lipinski definition) is 5. The van der Waals surface area contributed by atoms with Crippen molar-refractivity contribution in [3.05, 3.63) is 21.9 Å². The van der Waals surface area contributed by atoms with E-state index in [1.807, 2.05) is 6.07 Å². The molecule has 1 saturated heterocycles. The van der Waals surface area contributed by atoms with Crippen LogP contribution < -0.4 is 5.32 Å². The predicted molar refractivity (Wildman–Crippen MR) is 113 cm³/mol. The molecule has 10 heteroatoms. The van der Waals surface area contributed by atoms with Gasteiger partial charge in [0.2, 0.25) is 5.91 Å². The fourth-order valence-corrected chi connectivity index (χ4v) is 6.38. The third-order valence-electron chi connectivity index (χ3n) is 5.69. The molecule has 0 aromatic carbocycles. The van der Waals surface area contributed by atoms with Crippen molar-refractivity contribution in [2.24, 2.45) is 0 Å². The second-order valence-corrected chi connectivity index (χ2v) is 10.8. The molecule has 162 valence electrons. The minimum atomic E-state index is -3.50. The van der Waals surface area contributed by atoms with Gasteiger partial charge in [-0.3, -0.25) is 9.59 Å². The summed E-state index contributed by atoms with van der Waals surface area (Å²) >= 11 is 1.36. The summed E-state index contributed by atoms with van der Waals surface area (Å²) in [6.07, 6.45) is 5.19. The minimum absolute atomic E-state index is 0.0817. The van der Waals surface area contributed by atoms with Crippen molar-refractivity contribution in [3.8, 4) is 0 Å². The van der Waals surface area contributed by atoms with E-state index >= 15 is 0 Å². The summed E-state index contributed by atoms with van der Waals surface area (Å²) in [6, 6.07) is 3.69. The van der Waals surface area contributed by atoms with Crippen LogP contribution in [0.15, 0.2) is 12.1 Å². The molecule has 2 fully saturated rings. The maximum atomic E-state index is 13.0. The molecule has 8 nitrogen and oxygen atoms in total. The Labute approximate surface area is 177 Å². The van der Waals surface area contributed by atoms with E-state index < -0.39 is 10.2 Å². The molecule has 3 rings (SSSR count). The van der Waals surface area contributed by atoms with Gasteiger partial charge < -0.3 is 10.2 Å². The van der Waals surface area contributed by atoms with E-state index in [9.17, 15) is 18.0 Å². The van der Waals surface area contributed by atoms with Gasteiger partial charge in [-0.2, -0.15) is 17.0 Å². The molecule has 1 aliphatic heterocycles. The maximum Gasteiger partial charge on any atom is 0.282 e. The highest BCUT2D eigenvalue weighted by Gasteiger charge is 2.35. The van der Waals surface area contributed by atoms with Crippen LogP contribution in [-0.2, 0) is 21.5 Å². The van der Waals surface area contributed by atoms with Crippen LogP contribution in [-0.4, -0.2) is 73.0 Å². The monoisotopic (exact) mass is 442 g/mol. The number of carbonyl (C=O) groups excluding carboxylic acids is 2. The first-order valence-electron chi connectivity index (χ1n) is 10.1. The molecule has 29 heavy (non-hydrogen) atoms. The number of nitrogens with zero attached hydrogens (tertiary/aromatic N) is 3. The lowest BCUT2D eigenvalue weighted by Crippen LogP contribution is -2.55. The lowest BCUT2D eigenvalue weighted by molar-refractivity contribution is -0.119. The van der Waals surface area contributed by atoms with E-state index in [1.54, 1.807) is 18.0 Å². The van der Waals surface area contributed by atoms with Crippen LogP contribution in [0.25, 0.3) is 0 Å². The van der Waals surface area contributed by atoms with Crippen molar-refractivity contribution >= 4 is 33.4 Å². The van der Waals surface area contributed by atoms with Crippen LogP contribution >= 0.6 is 11.3 Å². The van der Waals surface area contributed by atoms with Gasteiger partial charge in [-0.05, 0) is 25.0 Å². The minimum Gasteiger partial charge on any atom is -0.351 e. The Morgan fingerprint density at radius 2 is 1.79 bits per heavy atom. The first-order valence-corrected chi connectivity index (χ1v) is 12.4. The number of piperazine rings is 1. The van der Waals surface area contributed by atoms with Gasteiger partial charge in [0, 0.05) is 51.1 Å². The van der Waals surface area contributed by atoms with Gasteiger partial charge in [-0.15, -0.1) is 11.3 Å². The number of rotatable bonds is 6. The van der Waals surface area contributed by atoms with Crippen LogP contribution in [0.3, 0.4) is 0 Å². The molecule has 2 heterocycles. The zero-order valence-corrected chi connectivity index (χ0v) is 18.7. The fraction of sp³-hybridized carbons (Fsp3) is 0.684.